The van der Waals surface area contributed by atoms with Crippen molar-refractivity contribution in [3.8, 4) is 5.69 Å². The maximum Gasteiger partial charge on any atom is 0.199 e. The van der Waals surface area contributed by atoms with Gasteiger partial charge in [-0.15, -0.1) is 0 Å². The van der Waals surface area contributed by atoms with Gasteiger partial charge in [0.25, 0.3) is 0 Å². The summed E-state index contributed by atoms with van der Waals surface area (Å²) in [5, 5.41) is 10.6. The molecule has 1 N–H and O–H groups in total. The van der Waals surface area contributed by atoms with E-state index >= 15 is 0 Å². The molecule has 0 aliphatic heterocycles. The Labute approximate surface area is 155 Å². The van der Waals surface area contributed by atoms with E-state index in [0.29, 0.717) is 16.2 Å². The molecule has 3 nitrogen and oxygen atoms in total. The number of hydrogen-bond donors (Lipinski definition) is 1. The van der Waals surface area contributed by atoms with Gasteiger partial charge in [0.1, 0.15) is 5.82 Å². The summed E-state index contributed by atoms with van der Waals surface area (Å²) in [4.78, 5) is 0. The topological polar surface area (TPSA) is 33.6 Å². The van der Waals surface area contributed by atoms with E-state index in [2.05, 4.69) is 52.7 Å². The van der Waals surface area contributed by atoms with E-state index in [0.717, 1.165) is 17.1 Å². The highest BCUT2D eigenvalue weighted by molar-refractivity contribution is 7.71. The van der Waals surface area contributed by atoms with Crippen molar-refractivity contribution in [1.29, 1.82) is 0 Å². The zero-order valence-electron chi connectivity index (χ0n) is 13.7. The minimum Gasteiger partial charge on any atom is -0.272 e. The molecule has 1 heterocycles. The molecule has 124 valence electrons. The molecule has 0 aliphatic carbocycles. The third-order valence-electron chi connectivity index (χ3n) is 4.37. The smallest absolute Gasteiger partial charge is 0.199 e. The molecule has 4 rings (SSSR count). The van der Waals surface area contributed by atoms with Gasteiger partial charge in [-0.2, -0.15) is 5.10 Å². The zero-order valence-corrected chi connectivity index (χ0v) is 15.2. The van der Waals surface area contributed by atoms with Crippen molar-refractivity contribution in [2.45, 2.75) is 13.3 Å². The lowest BCUT2D eigenvalue weighted by molar-refractivity contribution is 0.900. The van der Waals surface area contributed by atoms with E-state index in [9.17, 15) is 0 Å². The van der Waals surface area contributed by atoms with Crippen LogP contribution in [0.4, 0.5) is 0 Å². The van der Waals surface area contributed by atoms with Gasteiger partial charge in [0.15, 0.2) is 4.77 Å². The molecule has 5 heteroatoms. The summed E-state index contributed by atoms with van der Waals surface area (Å²) in [7, 11) is 0. The van der Waals surface area contributed by atoms with E-state index in [1.165, 1.54) is 16.3 Å². The number of halogens is 1. The zero-order chi connectivity index (χ0) is 17.4. The Bertz CT molecular complexity index is 1120. The summed E-state index contributed by atoms with van der Waals surface area (Å²) in [6, 6.07) is 20.5. The van der Waals surface area contributed by atoms with Crippen LogP contribution in [0.2, 0.25) is 5.02 Å². The van der Waals surface area contributed by atoms with E-state index in [-0.39, 0.29) is 0 Å². The number of H-pyrrole nitrogens is 1. The summed E-state index contributed by atoms with van der Waals surface area (Å²) in [5.41, 5.74) is 3.28. The van der Waals surface area contributed by atoms with E-state index in [4.69, 9.17) is 23.8 Å². The molecule has 0 bridgehead atoms. The predicted molar refractivity (Wildman–Crippen MR) is 105 cm³/mol. The number of aromatic amines is 1. The summed E-state index contributed by atoms with van der Waals surface area (Å²) >= 11 is 11.6. The van der Waals surface area contributed by atoms with Crippen LogP contribution in [0.25, 0.3) is 16.5 Å². The summed E-state index contributed by atoms with van der Waals surface area (Å²) < 4.78 is 2.57. The van der Waals surface area contributed by atoms with Crippen LogP contribution in [0, 0.1) is 11.7 Å². The van der Waals surface area contributed by atoms with Crippen LogP contribution < -0.4 is 0 Å². The molecule has 0 atom stereocenters. The minimum absolute atomic E-state index is 0.584. The Balaban J connectivity index is 1.84. The second-order valence-electron chi connectivity index (χ2n) is 6.03. The fourth-order valence-electron chi connectivity index (χ4n) is 3.18. The standard InChI is InChI=1S/C20H16ClN3S/c1-13-11-16(21)9-10-18(13)24-19(22-23-20(24)25)12-15-7-4-6-14-5-2-3-8-17(14)15/h2-11H,12H2,1H3,(H,23,25). The van der Waals surface area contributed by atoms with Crippen LogP contribution in [-0.2, 0) is 6.42 Å². The van der Waals surface area contributed by atoms with Gasteiger partial charge in [-0.1, -0.05) is 54.1 Å². The van der Waals surface area contributed by atoms with Gasteiger partial charge < -0.3 is 0 Å². The maximum atomic E-state index is 6.09. The van der Waals surface area contributed by atoms with Crippen LogP contribution in [-0.4, -0.2) is 14.8 Å². The lowest BCUT2D eigenvalue weighted by atomic mass is 10.0. The second-order valence-corrected chi connectivity index (χ2v) is 6.85. The first kappa shape index (κ1) is 16.1. The van der Waals surface area contributed by atoms with Crippen molar-refractivity contribution in [3.63, 3.8) is 0 Å². The lowest BCUT2D eigenvalue weighted by Gasteiger charge is -2.11. The SMILES string of the molecule is Cc1cc(Cl)ccc1-n1c(Cc2cccc3ccccc23)n[nH]c1=S. The van der Waals surface area contributed by atoms with Crippen molar-refractivity contribution in [2.24, 2.45) is 0 Å². The van der Waals surface area contributed by atoms with Crippen molar-refractivity contribution in [2.75, 3.05) is 0 Å². The Morgan fingerprint density at radius 1 is 1.08 bits per heavy atom. The highest BCUT2D eigenvalue weighted by atomic mass is 35.5. The molecule has 0 unspecified atom stereocenters. The highest BCUT2D eigenvalue weighted by Crippen LogP contribution is 2.24. The van der Waals surface area contributed by atoms with E-state index < -0.39 is 0 Å². The molecule has 0 fully saturated rings. The molecule has 0 saturated carbocycles. The first-order chi connectivity index (χ1) is 12.1. The molecular formula is C20H16ClN3S. The fourth-order valence-corrected chi connectivity index (χ4v) is 3.66. The Morgan fingerprint density at radius 2 is 1.88 bits per heavy atom. The van der Waals surface area contributed by atoms with Crippen molar-refractivity contribution < 1.29 is 0 Å². The Morgan fingerprint density at radius 3 is 2.72 bits per heavy atom. The van der Waals surface area contributed by atoms with Gasteiger partial charge in [0.05, 0.1) is 5.69 Å². The van der Waals surface area contributed by atoms with Crippen LogP contribution in [0.15, 0.2) is 60.7 Å². The molecule has 4 aromatic rings. The van der Waals surface area contributed by atoms with Gasteiger partial charge in [0, 0.05) is 11.4 Å². The Hall–Kier alpha value is -2.43. The molecule has 0 amide bonds. The number of hydrogen-bond acceptors (Lipinski definition) is 2. The molecule has 25 heavy (non-hydrogen) atoms. The molecule has 1 aromatic heterocycles. The van der Waals surface area contributed by atoms with E-state index in [1.54, 1.807) is 0 Å². The van der Waals surface area contributed by atoms with Gasteiger partial charge >= 0.3 is 0 Å². The maximum absolute atomic E-state index is 6.09. The number of rotatable bonds is 3. The third-order valence-corrected chi connectivity index (χ3v) is 4.88. The van der Waals surface area contributed by atoms with Gasteiger partial charge in [-0.05, 0) is 59.2 Å². The summed E-state index contributed by atoms with van der Waals surface area (Å²) in [5.74, 6) is 0.881. The monoisotopic (exact) mass is 365 g/mol. The predicted octanol–water partition coefficient (Wildman–Crippen LogP) is 5.64. The van der Waals surface area contributed by atoms with Gasteiger partial charge in [-0.3, -0.25) is 9.67 Å². The average molecular weight is 366 g/mol. The van der Waals surface area contributed by atoms with Crippen molar-refractivity contribution in [1.82, 2.24) is 14.8 Å². The quantitative estimate of drug-likeness (QED) is 0.477. The number of aromatic nitrogens is 3. The molecular weight excluding hydrogens is 350 g/mol. The normalized spacial score (nSPS) is 11.1. The van der Waals surface area contributed by atoms with Crippen LogP contribution in [0.3, 0.4) is 0 Å². The number of benzene rings is 3. The molecule has 0 aliphatic rings. The lowest BCUT2D eigenvalue weighted by Crippen LogP contribution is -2.04. The summed E-state index contributed by atoms with van der Waals surface area (Å²) in [6.45, 7) is 2.03. The van der Waals surface area contributed by atoms with Crippen molar-refractivity contribution >= 4 is 34.6 Å². The van der Waals surface area contributed by atoms with Gasteiger partial charge in [0.2, 0.25) is 0 Å². The largest absolute Gasteiger partial charge is 0.272 e. The summed E-state index contributed by atoms with van der Waals surface area (Å²) in [6.07, 6.45) is 0.691. The average Bonchev–Trinajstić information content (AvgIpc) is 2.96. The number of nitrogens with zero attached hydrogens (tertiary/aromatic N) is 2. The minimum atomic E-state index is 0.584. The molecule has 0 saturated heterocycles. The molecule has 0 spiro atoms. The first-order valence-corrected chi connectivity index (χ1v) is 8.81. The van der Waals surface area contributed by atoms with E-state index in [1.807, 2.05) is 29.7 Å². The van der Waals surface area contributed by atoms with Crippen molar-refractivity contribution in [3.05, 3.63) is 87.4 Å². The second kappa shape index (κ2) is 6.47. The highest BCUT2D eigenvalue weighted by Gasteiger charge is 2.12. The number of nitrogens with one attached hydrogen (secondary N) is 1. The molecule has 0 radical (unpaired) electrons. The number of fused-ring (bicyclic) bond motifs is 1. The van der Waals surface area contributed by atoms with Crippen LogP contribution in [0.1, 0.15) is 17.0 Å². The first-order valence-electron chi connectivity index (χ1n) is 8.03. The van der Waals surface area contributed by atoms with Crippen LogP contribution in [0.5, 0.6) is 0 Å². The third kappa shape index (κ3) is 2.99. The Kier molecular flexibility index (Phi) is 4.15. The fraction of sp³-hybridized carbons (Fsp3) is 0.100. The molecule has 3 aromatic carbocycles. The number of aryl methyl sites for hydroxylation is 1. The van der Waals surface area contributed by atoms with Crippen LogP contribution >= 0.6 is 23.8 Å². The van der Waals surface area contributed by atoms with Gasteiger partial charge in [-0.25, -0.2) is 0 Å².